The second-order valence-corrected chi connectivity index (χ2v) is 6.28. The van der Waals surface area contributed by atoms with Gasteiger partial charge in [-0.3, -0.25) is 9.59 Å². The Morgan fingerprint density at radius 2 is 1.65 bits per heavy atom. The average molecular weight is 411 g/mol. The number of carbonyl (C=O) groups excluding carboxylic acids is 2. The monoisotopic (exact) mass is 410 g/mol. The van der Waals surface area contributed by atoms with E-state index in [0.29, 0.717) is 5.69 Å². The van der Waals surface area contributed by atoms with Crippen molar-refractivity contribution in [3.63, 3.8) is 0 Å². The smallest absolute Gasteiger partial charge is 0.291 e. The van der Waals surface area contributed by atoms with E-state index in [9.17, 15) is 9.59 Å². The van der Waals surface area contributed by atoms with E-state index < -0.39 is 11.8 Å². The predicted octanol–water partition coefficient (Wildman–Crippen LogP) is 4.45. The Morgan fingerprint density at radius 1 is 0.923 bits per heavy atom. The summed E-state index contributed by atoms with van der Waals surface area (Å²) in [6, 6.07) is 19.6. The van der Waals surface area contributed by atoms with E-state index in [2.05, 4.69) is 26.6 Å². The molecule has 3 rings (SSSR count). The van der Waals surface area contributed by atoms with E-state index in [1.54, 1.807) is 24.3 Å². The van der Waals surface area contributed by atoms with Crippen molar-refractivity contribution >= 4 is 39.5 Å². The Balaban J connectivity index is 1.84. The summed E-state index contributed by atoms with van der Waals surface area (Å²) in [4.78, 5) is 24.9. The summed E-state index contributed by atoms with van der Waals surface area (Å²) in [5.41, 5.74) is 1.51. The highest BCUT2D eigenvalue weighted by Gasteiger charge is 2.16. The molecule has 0 fully saturated rings. The van der Waals surface area contributed by atoms with Crippen molar-refractivity contribution in [1.29, 1.82) is 0 Å². The molecule has 0 saturated heterocycles. The van der Waals surface area contributed by atoms with Crippen LogP contribution >= 0.6 is 15.9 Å². The normalized spacial score (nSPS) is 11.0. The van der Waals surface area contributed by atoms with Crippen LogP contribution in [-0.2, 0) is 4.79 Å². The fraction of sp³-hybridized carbons (Fsp3) is 0. The molecule has 0 bridgehead atoms. The van der Waals surface area contributed by atoms with Crippen LogP contribution in [-0.4, -0.2) is 11.8 Å². The van der Waals surface area contributed by atoms with E-state index in [-0.39, 0.29) is 11.5 Å². The third-order valence-corrected chi connectivity index (χ3v) is 3.98. The minimum atomic E-state index is -0.497. The number of anilines is 1. The molecule has 0 radical (unpaired) electrons. The lowest BCUT2D eigenvalue weighted by atomic mass is 10.2. The number of carbonyl (C=O) groups is 2. The van der Waals surface area contributed by atoms with Gasteiger partial charge in [0, 0.05) is 10.2 Å². The molecule has 2 amide bonds. The second kappa shape index (κ2) is 8.31. The molecule has 1 heterocycles. The first-order valence-electron chi connectivity index (χ1n) is 7.80. The molecule has 2 aromatic carbocycles. The highest BCUT2D eigenvalue weighted by molar-refractivity contribution is 9.10. The predicted molar refractivity (Wildman–Crippen MR) is 103 cm³/mol. The topological polar surface area (TPSA) is 71.3 Å². The van der Waals surface area contributed by atoms with E-state index >= 15 is 0 Å². The Bertz CT molecular complexity index is 917. The molecule has 0 spiro atoms. The van der Waals surface area contributed by atoms with Gasteiger partial charge >= 0.3 is 0 Å². The van der Waals surface area contributed by atoms with E-state index in [1.807, 2.05) is 42.5 Å². The van der Waals surface area contributed by atoms with E-state index in [0.717, 1.165) is 10.0 Å². The van der Waals surface area contributed by atoms with Gasteiger partial charge in [-0.2, -0.15) is 0 Å². The van der Waals surface area contributed by atoms with Gasteiger partial charge in [-0.05, 0) is 48.0 Å². The largest absolute Gasteiger partial charge is 0.459 e. The summed E-state index contributed by atoms with van der Waals surface area (Å²) in [5.74, 6) is -0.806. The van der Waals surface area contributed by atoms with Gasteiger partial charge in [0.15, 0.2) is 5.76 Å². The fourth-order valence-corrected chi connectivity index (χ4v) is 2.46. The van der Waals surface area contributed by atoms with Crippen molar-refractivity contribution in [3.05, 3.63) is 94.5 Å². The molecule has 0 aliphatic rings. The number of furan rings is 1. The van der Waals surface area contributed by atoms with Gasteiger partial charge in [0.1, 0.15) is 5.70 Å². The Hall–Kier alpha value is -3.12. The number of hydrogen-bond acceptors (Lipinski definition) is 3. The summed E-state index contributed by atoms with van der Waals surface area (Å²) in [6.07, 6.45) is 3.01. The van der Waals surface area contributed by atoms with Crippen LogP contribution in [0.2, 0.25) is 0 Å². The summed E-state index contributed by atoms with van der Waals surface area (Å²) < 4.78 is 5.99. The zero-order chi connectivity index (χ0) is 18.4. The van der Waals surface area contributed by atoms with Crippen LogP contribution in [0, 0.1) is 0 Å². The second-order valence-electron chi connectivity index (χ2n) is 5.36. The summed E-state index contributed by atoms with van der Waals surface area (Å²) in [6.45, 7) is 0. The maximum Gasteiger partial charge on any atom is 0.291 e. The van der Waals surface area contributed by atoms with Gasteiger partial charge in [0.25, 0.3) is 11.8 Å². The van der Waals surface area contributed by atoms with E-state index in [4.69, 9.17) is 4.42 Å². The number of rotatable bonds is 5. The summed E-state index contributed by atoms with van der Waals surface area (Å²) >= 11 is 3.35. The lowest BCUT2D eigenvalue weighted by molar-refractivity contribution is -0.113. The number of hydrogen-bond donors (Lipinski definition) is 2. The molecule has 3 aromatic rings. The van der Waals surface area contributed by atoms with Gasteiger partial charge in [0.05, 0.1) is 6.26 Å². The standard InChI is InChI=1S/C20H15BrN2O3/c21-15-8-10-16(11-9-15)22-19(24)17(13-14-5-2-1-3-6-14)23-20(25)18-7-4-12-26-18/h1-13H,(H,22,24)(H,23,25)/b17-13-. The molecule has 5 nitrogen and oxygen atoms in total. The van der Waals surface area contributed by atoms with Crippen molar-refractivity contribution < 1.29 is 14.0 Å². The van der Waals surface area contributed by atoms with Gasteiger partial charge in [0.2, 0.25) is 0 Å². The highest BCUT2D eigenvalue weighted by Crippen LogP contribution is 2.15. The SMILES string of the molecule is O=C(Nc1ccc(Br)cc1)/C(=C/c1ccccc1)NC(=O)c1ccco1. The van der Waals surface area contributed by atoms with Crippen LogP contribution in [0.5, 0.6) is 0 Å². The maximum atomic E-state index is 12.7. The first kappa shape index (κ1) is 17.7. The molecule has 0 unspecified atom stereocenters. The van der Waals surface area contributed by atoms with Crippen LogP contribution in [0.4, 0.5) is 5.69 Å². The van der Waals surface area contributed by atoms with Crippen LogP contribution in [0.15, 0.2) is 87.6 Å². The van der Waals surface area contributed by atoms with Gasteiger partial charge in [-0.25, -0.2) is 0 Å². The van der Waals surface area contributed by atoms with Crippen molar-refractivity contribution in [2.75, 3.05) is 5.32 Å². The number of benzene rings is 2. The zero-order valence-electron chi connectivity index (χ0n) is 13.6. The minimum Gasteiger partial charge on any atom is -0.459 e. The highest BCUT2D eigenvalue weighted by atomic mass is 79.9. The molecule has 0 atom stereocenters. The molecule has 26 heavy (non-hydrogen) atoms. The lowest BCUT2D eigenvalue weighted by Gasteiger charge is -2.10. The molecule has 2 N–H and O–H groups in total. The Morgan fingerprint density at radius 3 is 2.31 bits per heavy atom. The summed E-state index contributed by atoms with van der Waals surface area (Å²) in [5, 5.41) is 5.37. The van der Waals surface area contributed by atoms with E-state index in [1.165, 1.54) is 12.3 Å². The fourth-order valence-electron chi connectivity index (χ4n) is 2.20. The number of halogens is 1. The molecule has 0 saturated carbocycles. The van der Waals surface area contributed by atoms with Crippen molar-refractivity contribution in [2.24, 2.45) is 0 Å². The first-order valence-corrected chi connectivity index (χ1v) is 8.59. The third kappa shape index (κ3) is 4.70. The Kier molecular flexibility index (Phi) is 5.66. The molecule has 6 heteroatoms. The third-order valence-electron chi connectivity index (χ3n) is 3.45. The quantitative estimate of drug-likeness (QED) is 0.610. The van der Waals surface area contributed by atoms with Crippen LogP contribution in [0.25, 0.3) is 6.08 Å². The molecule has 0 aliphatic heterocycles. The zero-order valence-corrected chi connectivity index (χ0v) is 15.2. The maximum absolute atomic E-state index is 12.7. The molecular formula is C20H15BrN2O3. The first-order chi connectivity index (χ1) is 12.6. The van der Waals surface area contributed by atoms with Gasteiger partial charge < -0.3 is 15.1 Å². The van der Waals surface area contributed by atoms with Gasteiger partial charge in [-0.1, -0.05) is 46.3 Å². The molecule has 1 aromatic heterocycles. The van der Waals surface area contributed by atoms with Crippen LogP contribution in [0.1, 0.15) is 16.1 Å². The number of nitrogens with one attached hydrogen (secondary N) is 2. The number of amides is 2. The Labute approximate surface area is 158 Å². The van der Waals surface area contributed by atoms with Crippen molar-refractivity contribution in [3.8, 4) is 0 Å². The lowest BCUT2D eigenvalue weighted by Crippen LogP contribution is -2.30. The molecular weight excluding hydrogens is 396 g/mol. The van der Waals surface area contributed by atoms with Crippen molar-refractivity contribution in [2.45, 2.75) is 0 Å². The van der Waals surface area contributed by atoms with Gasteiger partial charge in [-0.15, -0.1) is 0 Å². The minimum absolute atomic E-state index is 0.112. The van der Waals surface area contributed by atoms with Crippen molar-refractivity contribution in [1.82, 2.24) is 5.32 Å². The summed E-state index contributed by atoms with van der Waals surface area (Å²) in [7, 11) is 0. The van der Waals surface area contributed by atoms with Crippen LogP contribution in [0.3, 0.4) is 0 Å². The molecule has 130 valence electrons. The van der Waals surface area contributed by atoms with Crippen LogP contribution < -0.4 is 10.6 Å². The molecule has 0 aliphatic carbocycles. The average Bonchev–Trinajstić information content (AvgIpc) is 3.19.